The molecule has 1 unspecified atom stereocenters. The molecule has 4 heteroatoms. The van der Waals surface area contributed by atoms with Gasteiger partial charge in [0.1, 0.15) is 5.82 Å². The molecule has 2 aromatic rings. The van der Waals surface area contributed by atoms with Crippen LogP contribution in [0.25, 0.3) is 5.69 Å². The van der Waals surface area contributed by atoms with Crippen LogP contribution in [0.2, 0.25) is 0 Å². The Morgan fingerprint density at radius 2 is 2.11 bits per heavy atom. The minimum Gasteiger partial charge on any atom is -0.309 e. The van der Waals surface area contributed by atoms with E-state index in [4.69, 9.17) is 0 Å². The van der Waals surface area contributed by atoms with E-state index in [2.05, 4.69) is 41.3 Å². The van der Waals surface area contributed by atoms with Gasteiger partial charge in [-0.15, -0.1) is 0 Å². The van der Waals surface area contributed by atoms with Crippen LogP contribution in [0.4, 0.5) is 0 Å². The average molecular weight is 258 g/mol. The number of imidazole rings is 1. The molecular formula is C15H22N4. The first kappa shape index (κ1) is 13.7. The highest BCUT2D eigenvalue weighted by atomic mass is 15.1. The molecule has 0 aliphatic heterocycles. The van der Waals surface area contributed by atoms with Crippen molar-refractivity contribution in [2.75, 3.05) is 6.54 Å². The van der Waals surface area contributed by atoms with E-state index in [9.17, 15) is 0 Å². The molecule has 2 heterocycles. The van der Waals surface area contributed by atoms with Gasteiger partial charge in [-0.3, -0.25) is 4.98 Å². The third-order valence-corrected chi connectivity index (χ3v) is 3.28. The van der Waals surface area contributed by atoms with Gasteiger partial charge in [-0.25, -0.2) is 4.98 Å². The van der Waals surface area contributed by atoms with Crippen molar-refractivity contribution in [2.45, 2.75) is 39.7 Å². The van der Waals surface area contributed by atoms with E-state index in [1.165, 1.54) is 0 Å². The number of aryl methyl sites for hydroxylation is 1. The van der Waals surface area contributed by atoms with Crippen molar-refractivity contribution in [3.05, 3.63) is 42.2 Å². The quantitative estimate of drug-likeness (QED) is 0.866. The van der Waals surface area contributed by atoms with Gasteiger partial charge < -0.3 is 9.88 Å². The number of pyridine rings is 1. The zero-order valence-corrected chi connectivity index (χ0v) is 11.9. The summed E-state index contributed by atoms with van der Waals surface area (Å²) in [6, 6.07) is 4.55. The van der Waals surface area contributed by atoms with E-state index in [-0.39, 0.29) is 0 Å². The van der Waals surface area contributed by atoms with Crippen molar-refractivity contribution >= 4 is 0 Å². The van der Waals surface area contributed by atoms with Crippen molar-refractivity contribution in [3.63, 3.8) is 0 Å². The summed E-state index contributed by atoms with van der Waals surface area (Å²) < 4.78 is 2.04. The van der Waals surface area contributed by atoms with Crippen LogP contribution < -0.4 is 5.32 Å². The summed E-state index contributed by atoms with van der Waals surface area (Å²) in [6.45, 7) is 7.38. The summed E-state index contributed by atoms with van der Waals surface area (Å²) >= 11 is 0. The Balaban J connectivity index is 2.15. The molecule has 0 aliphatic rings. The Bertz CT molecular complexity index is 501. The maximum absolute atomic E-state index is 4.59. The SMILES string of the molecule is CCCNC(CC)c1ccc(-n2ccnc2C)cn1. The Hall–Kier alpha value is -1.68. The summed E-state index contributed by atoms with van der Waals surface area (Å²) in [7, 11) is 0. The molecule has 0 saturated heterocycles. The molecule has 2 aromatic heterocycles. The minimum absolute atomic E-state index is 0.345. The van der Waals surface area contributed by atoms with E-state index in [1.807, 2.05) is 23.9 Å². The molecule has 0 bridgehead atoms. The largest absolute Gasteiger partial charge is 0.309 e. The maximum atomic E-state index is 4.59. The first-order valence-electron chi connectivity index (χ1n) is 6.96. The normalized spacial score (nSPS) is 12.6. The third kappa shape index (κ3) is 3.20. The van der Waals surface area contributed by atoms with Crippen molar-refractivity contribution < 1.29 is 0 Å². The van der Waals surface area contributed by atoms with Crippen molar-refractivity contribution in [3.8, 4) is 5.69 Å². The predicted molar refractivity (Wildman–Crippen MR) is 77.4 cm³/mol. The van der Waals surface area contributed by atoms with E-state index >= 15 is 0 Å². The maximum Gasteiger partial charge on any atom is 0.110 e. The van der Waals surface area contributed by atoms with Crippen LogP contribution in [0.15, 0.2) is 30.7 Å². The summed E-state index contributed by atoms with van der Waals surface area (Å²) in [5.74, 6) is 0.977. The van der Waals surface area contributed by atoms with Gasteiger partial charge >= 0.3 is 0 Å². The van der Waals surface area contributed by atoms with Crippen LogP contribution in [0.3, 0.4) is 0 Å². The zero-order chi connectivity index (χ0) is 13.7. The second-order valence-corrected chi connectivity index (χ2v) is 4.70. The first-order chi connectivity index (χ1) is 9.26. The van der Waals surface area contributed by atoms with Gasteiger partial charge in [-0.1, -0.05) is 13.8 Å². The molecule has 2 rings (SSSR count). The predicted octanol–water partition coefficient (Wildman–Crippen LogP) is 3.03. The van der Waals surface area contributed by atoms with Crippen LogP contribution in [0.5, 0.6) is 0 Å². The molecule has 0 radical (unpaired) electrons. The van der Waals surface area contributed by atoms with Crippen molar-refractivity contribution in [1.82, 2.24) is 19.9 Å². The molecule has 0 fully saturated rings. The standard InChI is InChI=1S/C15H22N4/c1-4-8-17-14(5-2)15-7-6-13(11-18-15)19-10-9-16-12(19)3/h6-7,9-11,14,17H,4-5,8H2,1-3H3. The van der Waals surface area contributed by atoms with Crippen LogP contribution in [0.1, 0.15) is 44.2 Å². The first-order valence-corrected chi connectivity index (χ1v) is 6.96. The summed E-state index contributed by atoms with van der Waals surface area (Å²) in [4.78, 5) is 8.82. The molecule has 1 N–H and O–H groups in total. The van der Waals surface area contributed by atoms with E-state index < -0.39 is 0 Å². The van der Waals surface area contributed by atoms with Gasteiger partial charge in [0, 0.05) is 18.4 Å². The highest BCUT2D eigenvalue weighted by Gasteiger charge is 2.10. The number of hydrogen-bond donors (Lipinski definition) is 1. The molecular weight excluding hydrogens is 236 g/mol. The van der Waals surface area contributed by atoms with Crippen molar-refractivity contribution in [2.24, 2.45) is 0 Å². The number of hydrogen-bond acceptors (Lipinski definition) is 3. The Morgan fingerprint density at radius 3 is 2.63 bits per heavy atom. The summed E-state index contributed by atoms with van der Waals surface area (Å²) in [6.07, 6.45) is 7.87. The van der Waals surface area contributed by atoms with Gasteiger partial charge in [0.25, 0.3) is 0 Å². The molecule has 102 valence electrons. The summed E-state index contributed by atoms with van der Waals surface area (Å²) in [5.41, 5.74) is 2.17. The highest BCUT2D eigenvalue weighted by molar-refractivity contribution is 5.31. The third-order valence-electron chi connectivity index (χ3n) is 3.28. The lowest BCUT2D eigenvalue weighted by molar-refractivity contribution is 0.507. The molecule has 0 spiro atoms. The molecule has 19 heavy (non-hydrogen) atoms. The number of nitrogens with one attached hydrogen (secondary N) is 1. The topological polar surface area (TPSA) is 42.7 Å². The van der Waals surface area contributed by atoms with Gasteiger partial charge in [0.15, 0.2) is 0 Å². The van der Waals surface area contributed by atoms with E-state index in [1.54, 1.807) is 6.20 Å². The minimum atomic E-state index is 0.345. The fraction of sp³-hybridized carbons (Fsp3) is 0.467. The zero-order valence-electron chi connectivity index (χ0n) is 11.9. The monoisotopic (exact) mass is 258 g/mol. The Kier molecular flexibility index (Phi) is 4.68. The average Bonchev–Trinajstić information content (AvgIpc) is 2.87. The molecule has 1 atom stereocenters. The lowest BCUT2D eigenvalue weighted by atomic mass is 10.1. The molecule has 0 saturated carbocycles. The summed E-state index contributed by atoms with van der Waals surface area (Å²) in [5, 5.41) is 3.52. The van der Waals surface area contributed by atoms with Gasteiger partial charge in [-0.05, 0) is 38.4 Å². The van der Waals surface area contributed by atoms with E-state index in [0.717, 1.165) is 36.6 Å². The Labute approximate surface area is 114 Å². The Morgan fingerprint density at radius 1 is 1.26 bits per heavy atom. The molecule has 4 nitrogen and oxygen atoms in total. The smallest absolute Gasteiger partial charge is 0.110 e. The van der Waals surface area contributed by atoms with Gasteiger partial charge in [0.2, 0.25) is 0 Å². The number of nitrogens with zero attached hydrogens (tertiary/aromatic N) is 3. The second kappa shape index (κ2) is 6.48. The van der Waals surface area contributed by atoms with Crippen LogP contribution in [0, 0.1) is 6.92 Å². The van der Waals surface area contributed by atoms with Gasteiger partial charge in [-0.2, -0.15) is 0 Å². The number of aromatic nitrogens is 3. The molecule has 0 amide bonds. The second-order valence-electron chi connectivity index (χ2n) is 4.70. The lowest BCUT2D eigenvalue weighted by Gasteiger charge is -2.16. The van der Waals surface area contributed by atoms with Crippen LogP contribution in [-0.4, -0.2) is 21.1 Å². The van der Waals surface area contributed by atoms with Crippen LogP contribution >= 0.6 is 0 Å². The van der Waals surface area contributed by atoms with Crippen molar-refractivity contribution in [1.29, 1.82) is 0 Å². The van der Waals surface area contributed by atoms with E-state index in [0.29, 0.717) is 6.04 Å². The molecule has 0 aliphatic carbocycles. The van der Waals surface area contributed by atoms with Gasteiger partial charge in [0.05, 0.1) is 17.6 Å². The fourth-order valence-electron chi connectivity index (χ4n) is 2.17. The number of rotatable bonds is 6. The molecule has 0 aromatic carbocycles. The van der Waals surface area contributed by atoms with Crippen LogP contribution in [-0.2, 0) is 0 Å². The fourth-order valence-corrected chi connectivity index (χ4v) is 2.17. The lowest BCUT2D eigenvalue weighted by Crippen LogP contribution is -2.22. The highest BCUT2D eigenvalue weighted by Crippen LogP contribution is 2.16.